The highest BCUT2D eigenvalue weighted by atomic mass is 79.9. The first kappa shape index (κ1) is 36.8. The third-order valence-electron chi connectivity index (χ3n) is 5.56. The third-order valence-corrected chi connectivity index (χ3v) is 7.46. The largest absolute Gasteiger partial charge is 0.396 e. The van der Waals surface area contributed by atoms with Gasteiger partial charge in [0.2, 0.25) is 10.3 Å². The van der Waals surface area contributed by atoms with E-state index in [0.29, 0.717) is 53.4 Å². The molecule has 0 saturated carbocycles. The number of nitro groups is 2. The van der Waals surface area contributed by atoms with Crippen molar-refractivity contribution in [1.82, 2.24) is 9.97 Å². The van der Waals surface area contributed by atoms with Crippen molar-refractivity contribution >= 4 is 106 Å². The lowest BCUT2D eigenvalue weighted by molar-refractivity contribution is -0.384. The van der Waals surface area contributed by atoms with E-state index >= 15 is 0 Å². The van der Waals surface area contributed by atoms with Crippen molar-refractivity contribution in [3.8, 4) is 0 Å². The predicted molar refractivity (Wildman–Crippen MR) is 177 cm³/mol. The maximum absolute atomic E-state index is 11.2. The second-order valence-electron chi connectivity index (χ2n) is 8.61. The number of benzene rings is 2. The zero-order valence-corrected chi connectivity index (χ0v) is 27.8. The van der Waals surface area contributed by atoms with Crippen molar-refractivity contribution in [3.63, 3.8) is 0 Å². The molecule has 0 aliphatic carbocycles. The van der Waals surface area contributed by atoms with Crippen LogP contribution in [0.5, 0.6) is 0 Å². The van der Waals surface area contributed by atoms with Crippen LogP contribution >= 0.6 is 66.7 Å². The van der Waals surface area contributed by atoms with Crippen molar-refractivity contribution in [1.29, 1.82) is 0 Å². The smallest absolute Gasteiger partial charge is 0.329 e. The Hall–Kier alpha value is -2.43. The van der Waals surface area contributed by atoms with Crippen LogP contribution in [0, 0.1) is 20.2 Å². The Morgan fingerprint density at radius 1 is 0.791 bits per heavy atom. The number of unbranched alkanes of at least 4 members (excludes halogenated alkanes) is 2. The summed E-state index contributed by atoms with van der Waals surface area (Å²) in [5.74, 6) is 0. The summed E-state index contributed by atoms with van der Waals surface area (Å²) in [5, 5.41) is 42.8. The van der Waals surface area contributed by atoms with Crippen molar-refractivity contribution in [2.75, 3.05) is 31.6 Å². The van der Waals surface area contributed by atoms with Gasteiger partial charge in [0.1, 0.15) is 10.7 Å². The molecule has 2 heterocycles. The molecule has 0 spiro atoms. The lowest BCUT2D eigenvalue weighted by Crippen LogP contribution is -2.07. The average molecular weight is 786 g/mol. The lowest BCUT2D eigenvalue weighted by atomic mass is 10.1. The fourth-order valence-electron chi connectivity index (χ4n) is 3.56. The molecule has 0 saturated heterocycles. The number of nitrogens with two attached hydrogens (primary N) is 1. The monoisotopic (exact) mass is 782 g/mol. The highest BCUT2D eigenvalue weighted by molar-refractivity contribution is 9.10. The summed E-state index contributed by atoms with van der Waals surface area (Å²) in [4.78, 5) is 28.8. The Bertz CT molecular complexity index is 1580. The SMILES string of the molecule is NCCCCO.O=[N+]([O-])c1c(Cl)nc2ccc(Br)cc2c1Cl.O=[N+]([O-])c1c(Cl)nc2ccc(Br)cc2c1NCCCCO. The molecular formula is C26H27Br2Cl3N6O6. The number of rotatable bonds is 10. The number of anilines is 1. The molecule has 232 valence electrons. The topological polar surface area (TPSA) is 191 Å². The molecule has 12 nitrogen and oxygen atoms in total. The number of fused-ring (bicyclic) bond motifs is 2. The van der Waals surface area contributed by atoms with Gasteiger partial charge in [-0.3, -0.25) is 20.2 Å². The summed E-state index contributed by atoms with van der Waals surface area (Å²) >= 11 is 24.2. The van der Waals surface area contributed by atoms with Crippen LogP contribution in [0.25, 0.3) is 21.8 Å². The number of aromatic nitrogens is 2. The van der Waals surface area contributed by atoms with Crippen LogP contribution in [-0.4, -0.2) is 56.3 Å². The first-order valence-electron chi connectivity index (χ1n) is 12.6. The van der Waals surface area contributed by atoms with Crippen LogP contribution in [0.15, 0.2) is 45.3 Å². The first-order valence-corrected chi connectivity index (χ1v) is 15.4. The molecule has 4 rings (SSSR count). The number of pyridine rings is 2. The Labute approximate surface area is 278 Å². The molecule has 17 heteroatoms. The number of aliphatic hydroxyl groups excluding tert-OH is 2. The molecule has 0 bridgehead atoms. The Morgan fingerprint density at radius 2 is 1.28 bits per heavy atom. The van der Waals surface area contributed by atoms with Gasteiger partial charge in [-0.1, -0.05) is 66.7 Å². The van der Waals surface area contributed by atoms with E-state index in [4.69, 9.17) is 50.7 Å². The number of hydrogen-bond donors (Lipinski definition) is 4. The van der Waals surface area contributed by atoms with Gasteiger partial charge in [-0.15, -0.1) is 0 Å². The minimum Gasteiger partial charge on any atom is -0.396 e. The van der Waals surface area contributed by atoms with E-state index in [1.165, 1.54) is 0 Å². The fourth-order valence-corrected chi connectivity index (χ4v) is 5.15. The second-order valence-corrected chi connectivity index (χ2v) is 11.5. The van der Waals surface area contributed by atoms with Crippen molar-refractivity contribution < 1.29 is 20.1 Å². The predicted octanol–water partition coefficient (Wildman–Crippen LogP) is 7.67. The van der Waals surface area contributed by atoms with Gasteiger partial charge in [0, 0.05) is 39.5 Å². The maximum atomic E-state index is 11.2. The Morgan fingerprint density at radius 3 is 1.77 bits per heavy atom. The van der Waals surface area contributed by atoms with Crippen LogP contribution in [0.2, 0.25) is 15.3 Å². The molecule has 0 unspecified atom stereocenters. The van der Waals surface area contributed by atoms with E-state index in [1.807, 2.05) is 0 Å². The first-order chi connectivity index (χ1) is 20.5. The molecule has 43 heavy (non-hydrogen) atoms. The molecular weight excluding hydrogens is 758 g/mol. The molecule has 2 aromatic heterocycles. The molecule has 0 amide bonds. The van der Waals surface area contributed by atoms with Crippen LogP contribution in [0.4, 0.5) is 17.1 Å². The standard InChI is InChI=1S/C13H13BrClN3O3.C9H3BrCl2N2O2.C4H11NO/c14-8-3-4-10-9(7-8)11(16-5-1-2-6-19)12(18(20)21)13(15)17-10;10-4-1-2-6-5(3-4)7(11)8(14(15)16)9(12)13-6;5-3-1-2-4-6/h3-4,7,19H,1-2,5-6H2,(H,16,17);1-3H;6H,1-5H2. The summed E-state index contributed by atoms with van der Waals surface area (Å²) in [5.41, 5.74) is 5.96. The van der Waals surface area contributed by atoms with Crippen LogP contribution in [0.1, 0.15) is 25.7 Å². The van der Waals surface area contributed by atoms with Gasteiger partial charge in [-0.2, -0.15) is 0 Å². The molecule has 4 aromatic rings. The summed E-state index contributed by atoms with van der Waals surface area (Å²) in [6.45, 7) is 1.56. The number of hydrogen-bond acceptors (Lipinski definition) is 10. The van der Waals surface area contributed by atoms with Crippen molar-refractivity contribution in [2.24, 2.45) is 5.73 Å². The van der Waals surface area contributed by atoms with E-state index in [2.05, 4.69) is 47.1 Å². The molecule has 0 atom stereocenters. The highest BCUT2D eigenvalue weighted by Gasteiger charge is 2.24. The van der Waals surface area contributed by atoms with E-state index < -0.39 is 9.85 Å². The minimum absolute atomic E-state index is 0.00120. The van der Waals surface area contributed by atoms with Gasteiger partial charge in [-0.25, -0.2) is 9.97 Å². The summed E-state index contributed by atoms with van der Waals surface area (Å²) in [6.07, 6.45) is 3.11. The van der Waals surface area contributed by atoms with Gasteiger partial charge >= 0.3 is 11.4 Å². The molecule has 2 aromatic carbocycles. The van der Waals surface area contributed by atoms with E-state index in [0.717, 1.165) is 21.8 Å². The van der Waals surface area contributed by atoms with Gasteiger partial charge < -0.3 is 21.3 Å². The van der Waals surface area contributed by atoms with Gasteiger partial charge in [0.05, 0.1) is 20.9 Å². The number of nitrogens with one attached hydrogen (secondary N) is 1. The normalized spacial score (nSPS) is 10.5. The van der Waals surface area contributed by atoms with Crippen molar-refractivity contribution in [3.05, 3.63) is 80.9 Å². The van der Waals surface area contributed by atoms with Crippen LogP contribution in [-0.2, 0) is 0 Å². The molecule has 0 fully saturated rings. The van der Waals surface area contributed by atoms with Crippen molar-refractivity contribution in [2.45, 2.75) is 25.7 Å². The van der Waals surface area contributed by atoms with Gasteiger partial charge in [0.25, 0.3) is 0 Å². The molecule has 0 aliphatic heterocycles. The zero-order valence-electron chi connectivity index (χ0n) is 22.4. The van der Waals surface area contributed by atoms with E-state index in [1.54, 1.807) is 36.4 Å². The summed E-state index contributed by atoms with van der Waals surface area (Å²) in [6, 6.07) is 10.4. The Kier molecular flexibility index (Phi) is 15.7. The van der Waals surface area contributed by atoms with Crippen LogP contribution < -0.4 is 11.1 Å². The number of halogens is 5. The highest BCUT2D eigenvalue weighted by Crippen LogP contribution is 2.39. The third kappa shape index (κ3) is 10.6. The fraction of sp³-hybridized carbons (Fsp3) is 0.308. The quantitative estimate of drug-likeness (QED) is 0.0537. The number of aliphatic hydroxyl groups is 2. The number of nitrogens with zero attached hydrogens (tertiary/aromatic N) is 4. The molecule has 5 N–H and O–H groups in total. The minimum atomic E-state index is -0.641. The molecule has 0 radical (unpaired) electrons. The Balaban J connectivity index is 0.000000259. The summed E-state index contributed by atoms with van der Waals surface area (Å²) in [7, 11) is 0. The van der Waals surface area contributed by atoms with Gasteiger partial charge in [-0.05, 0) is 68.6 Å². The van der Waals surface area contributed by atoms with Gasteiger partial charge in [0.15, 0.2) is 0 Å². The zero-order chi connectivity index (χ0) is 32.1. The van der Waals surface area contributed by atoms with E-state index in [9.17, 15) is 20.2 Å². The molecule has 0 aliphatic rings. The second kappa shape index (κ2) is 18.4. The van der Waals surface area contributed by atoms with Crippen LogP contribution in [0.3, 0.4) is 0 Å². The average Bonchev–Trinajstić information content (AvgIpc) is 2.95. The summed E-state index contributed by atoms with van der Waals surface area (Å²) < 4.78 is 1.56. The van der Waals surface area contributed by atoms with E-state index in [-0.39, 0.29) is 39.9 Å². The lowest BCUT2D eigenvalue weighted by Gasteiger charge is -2.11. The maximum Gasteiger partial charge on any atom is 0.329 e.